The first-order valence-electron chi connectivity index (χ1n) is 7.74. The van der Waals surface area contributed by atoms with Crippen LogP contribution < -0.4 is 10.6 Å². The van der Waals surface area contributed by atoms with E-state index in [-0.39, 0.29) is 6.04 Å². The molecule has 0 spiro atoms. The van der Waals surface area contributed by atoms with Gasteiger partial charge >= 0.3 is 0 Å². The van der Waals surface area contributed by atoms with Gasteiger partial charge in [-0.15, -0.1) is 0 Å². The maximum Gasteiger partial charge on any atom is 0.225 e. The van der Waals surface area contributed by atoms with Gasteiger partial charge < -0.3 is 10.6 Å². The lowest BCUT2D eigenvalue weighted by Crippen LogP contribution is -2.13. The third-order valence-corrected chi connectivity index (χ3v) is 4.07. The Balaban J connectivity index is 1.88. The molecule has 1 heterocycles. The SMILES string of the molecule is CC(C)Nc1nc(NCc2ccc(Cl)cc2Cl)nc2ccccc12. The minimum Gasteiger partial charge on any atom is -0.367 e. The van der Waals surface area contributed by atoms with Gasteiger partial charge in [-0.2, -0.15) is 4.98 Å². The van der Waals surface area contributed by atoms with Crippen LogP contribution in [-0.2, 0) is 6.54 Å². The standard InChI is InChI=1S/C18H18Cl2N4/c1-11(2)22-17-14-5-3-4-6-16(14)23-18(24-17)21-10-12-7-8-13(19)9-15(12)20/h3-9,11H,10H2,1-2H3,(H2,21,22,23,24). The van der Waals surface area contributed by atoms with Crippen molar-refractivity contribution in [3.8, 4) is 0 Å². The van der Waals surface area contributed by atoms with E-state index in [1.54, 1.807) is 6.07 Å². The molecule has 3 rings (SSSR count). The van der Waals surface area contributed by atoms with Crippen LogP contribution in [0.25, 0.3) is 10.9 Å². The number of rotatable bonds is 5. The number of anilines is 2. The number of nitrogens with zero attached hydrogens (tertiary/aromatic N) is 2. The molecule has 2 aromatic carbocycles. The molecule has 0 aliphatic heterocycles. The topological polar surface area (TPSA) is 49.8 Å². The highest BCUT2D eigenvalue weighted by atomic mass is 35.5. The van der Waals surface area contributed by atoms with E-state index in [1.165, 1.54) is 0 Å². The van der Waals surface area contributed by atoms with Crippen molar-refractivity contribution in [3.63, 3.8) is 0 Å². The Labute approximate surface area is 151 Å². The fourth-order valence-electron chi connectivity index (χ4n) is 2.38. The molecule has 0 atom stereocenters. The van der Waals surface area contributed by atoms with Gasteiger partial charge in [-0.1, -0.05) is 41.4 Å². The second-order valence-corrected chi connectivity index (χ2v) is 6.64. The van der Waals surface area contributed by atoms with Crippen LogP contribution in [0.5, 0.6) is 0 Å². The minimum absolute atomic E-state index is 0.280. The van der Waals surface area contributed by atoms with Crippen molar-refractivity contribution >= 4 is 45.9 Å². The van der Waals surface area contributed by atoms with Gasteiger partial charge in [0.05, 0.1) is 5.52 Å². The highest BCUT2D eigenvalue weighted by Crippen LogP contribution is 2.24. The summed E-state index contributed by atoms with van der Waals surface area (Å²) in [6.07, 6.45) is 0. The third kappa shape index (κ3) is 3.89. The quantitative estimate of drug-likeness (QED) is 0.642. The lowest BCUT2D eigenvalue weighted by Gasteiger charge is -2.14. The van der Waals surface area contributed by atoms with Gasteiger partial charge in [0.15, 0.2) is 0 Å². The predicted octanol–water partition coefficient (Wildman–Crippen LogP) is 5.37. The Bertz CT molecular complexity index is 865. The maximum absolute atomic E-state index is 6.21. The van der Waals surface area contributed by atoms with Crippen LogP contribution in [0.2, 0.25) is 10.0 Å². The van der Waals surface area contributed by atoms with Gasteiger partial charge in [0.25, 0.3) is 0 Å². The van der Waals surface area contributed by atoms with Gasteiger partial charge in [0, 0.05) is 28.0 Å². The zero-order valence-electron chi connectivity index (χ0n) is 13.5. The molecule has 24 heavy (non-hydrogen) atoms. The number of nitrogens with one attached hydrogen (secondary N) is 2. The van der Waals surface area contributed by atoms with E-state index in [0.717, 1.165) is 22.3 Å². The van der Waals surface area contributed by atoms with Crippen LogP contribution in [0.4, 0.5) is 11.8 Å². The third-order valence-electron chi connectivity index (χ3n) is 3.48. The Hall–Kier alpha value is -2.04. The summed E-state index contributed by atoms with van der Waals surface area (Å²) in [7, 11) is 0. The zero-order chi connectivity index (χ0) is 17.1. The van der Waals surface area contributed by atoms with Gasteiger partial charge in [-0.05, 0) is 43.7 Å². The molecule has 124 valence electrons. The van der Waals surface area contributed by atoms with E-state index in [9.17, 15) is 0 Å². The summed E-state index contributed by atoms with van der Waals surface area (Å²) in [6, 6.07) is 13.7. The van der Waals surface area contributed by atoms with Crippen molar-refractivity contribution in [2.45, 2.75) is 26.4 Å². The summed E-state index contributed by atoms with van der Waals surface area (Å²) in [5, 5.41) is 8.85. The Morgan fingerprint density at radius 2 is 1.83 bits per heavy atom. The summed E-state index contributed by atoms with van der Waals surface area (Å²) in [6.45, 7) is 4.68. The zero-order valence-corrected chi connectivity index (χ0v) is 15.0. The molecule has 0 aliphatic rings. The first-order valence-corrected chi connectivity index (χ1v) is 8.49. The van der Waals surface area contributed by atoms with Crippen molar-refractivity contribution in [3.05, 3.63) is 58.1 Å². The van der Waals surface area contributed by atoms with E-state index in [1.807, 2.05) is 36.4 Å². The van der Waals surface area contributed by atoms with Crippen LogP contribution in [0, 0.1) is 0 Å². The molecule has 1 aromatic heterocycles. The lowest BCUT2D eigenvalue weighted by atomic mass is 10.2. The molecule has 0 fully saturated rings. The smallest absolute Gasteiger partial charge is 0.225 e. The molecule has 6 heteroatoms. The summed E-state index contributed by atoms with van der Waals surface area (Å²) in [5.41, 5.74) is 1.83. The monoisotopic (exact) mass is 360 g/mol. The summed E-state index contributed by atoms with van der Waals surface area (Å²) in [4.78, 5) is 9.17. The minimum atomic E-state index is 0.280. The van der Waals surface area contributed by atoms with E-state index < -0.39 is 0 Å². The molecule has 4 nitrogen and oxygen atoms in total. The largest absolute Gasteiger partial charge is 0.367 e. The molecular weight excluding hydrogens is 343 g/mol. The Kier molecular flexibility index (Phi) is 5.07. The molecule has 0 bridgehead atoms. The summed E-state index contributed by atoms with van der Waals surface area (Å²) < 4.78 is 0. The fourth-order valence-corrected chi connectivity index (χ4v) is 2.85. The average molecular weight is 361 g/mol. The Morgan fingerprint density at radius 3 is 2.58 bits per heavy atom. The van der Waals surface area contributed by atoms with Crippen molar-refractivity contribution in [1.29, 1.82) is 0 Å². The number of para-hydroxylation sites is 1. The molecular formula is C18H18Cl2N4. The van der Waals surface area contributed by atoms with Crippen molar-refractivity contribution in [1.82, 2.24) is 9.97 Å². The number of fused-ring (bicyclic) bond motifs is 1. The number of hydrogen-bond donors (Lipinski definition) is 2. The molecule has 0 radical (unpaired) electrons. The molecule has 3 aromatic rings. The lowest BCUT2D eigenvalue weighted by molar-refractivity contribution is 0.889. The van der Waals surface area contributed by atoms with Gasteiger partial charge in [0.1, 0.15) is 5.82 Å². The fraction of sp³-hybridized carbons (Fsp3) is 0.222. The van der Waals surface area contributed by atoms with Crippen molar-refractivity contribution in [2.75, 3.05) is 10.6 Å². The highest BCUT2D eigenvalue weighted by Gasteiger charge is 2.09. The second kappa shape index (κ2) is 7.24. The maximum atomic E-state index is 6.21. The van der Waals surface area contributed by atoms with Crippen LogP contribution >= 0.6 is 23.2 Å². The van der Waals surface area contributed by atoms with Gasteiger partial charge in [-0.25, -0.2) is 4.98 Å². The number of aromatic nitrogens is 2. The molecule has 0 saturated heterocycles. The number of hydrogen-bond acceptors (Lipinski definition) is 4. The van der Waals surface area contributed by atoms with E-state index in [0.29, 0.717) is 22.5 Å². The van der Waals surface area contributed by atoms with Crippen LogP contribution in [0.1, 0.15) is 19.4 Å². The van der Waals surface area contributed by atoms with Gasteiger partial charge in [-0.3, -0.25) is 0 Å². The number of halogens is 2. The molecule has 0 aliphatic carbocycles. The normalized spacial score (nSPS) is 11.0. The van der Waals surface area contributed by atoms with Crippen LogP contribution in [0.3, 0.4) is 0 Å². The predicted molar refractivity (Wildman–Crippen MR) is 102 cm³/mol. The van der Waals surface area contributed by atoms with Crippen LogP contribution in [0.15, 0.2) is 42.5 Å². The second-order valence-electron chi connectivity index (χ2n) is 5.80. The van der Waals surface area contributed by atoms with Crippen molar-refractivity contribution in [2.24, 2.45) is 0 Å². The van der Waals surface area contributed by atoms with Crippen molar-refractivity contribution < 1.29 is 0 Å². The summed E-state index contributed by atoms with van der Waals surface area (Å²) >= 11 is 12.1. The highest BCUT2D eigenvalue weighted by molar-refractivity contribution is 6.35. The van der Waals surface area contributed by atoms with E-state index in [2.05, 4.69) is 34.4 Å². The molecule has 0 saturated carbocycles. The van der Waals surface area contributed by atoms with Crippen LogP contribution in [-0.4, -0.2) is 16.0 Å². The first kappa shape index (κ1) is 16.8. The summed E-state index contributed by atoms with van der Waals surface area (Å²) in [5.74, 6) is 1.38. The average Bonchev–Trinajstić information content (AvgIpc) is 2.53. The molecule has 2 N–H and O–H groups in total. The number of benzene rings is 2. The first-order chi connectivity index (χ1) is 11.5. The van der Waals surface area contributed by atoms with E-state index in [4.69, 9.17) is 23.2 Å². The van der Waals surface area contributed by atoms with E-state index >= 15 is 0 Å². The Morgan fingerprint density at radius 1 is 1.04 bits per heavy atom. The molecule has 0 unspecified atom stereocenters. The van der Waals surface area contributed by atoms with Gasteiger partial charge in [0.2, 0.25) is 5.95 Å². The molecule has 0 amide bonds.